The molecule has 1 unspecified atom stereocenters. The number of aliphatic carboxylic acids is 1. The van der Waals surface area contributed by atoms with Gasteiger partial charge in [-0.1, -0.05) is 68.3 Å². The number of carbonyl (C=O) groups excluding carboxylic acids is 1. The van der Waals surface area contributed by atoms with Gasteiger partial charge in [-0.25, -0.2) is 9.59 Å². The SMILES string of the molecule is CCCCCN(Cc1ccc(-c2ccccc2-c2nn[nH]n2)cc1)C(=O)NC(CO)C(=O)O. The van der Waals surface area contributed by atoms with Crippen molar-refractivity contribution in [1.82, 2.24) is 30.8 Å². The van der Waals surface area contributed by atoms with Gasteiger partial charge in [0.2, 0.25) is 5.82 Å². The van der Waals surface area contributed by atoms with Crippen molar-refractivity contribution in [2.75, 3.05) is 13.2 Å². The number of unbranched alkanes of at least 4 members (excludes halogenated alkanes) is 2. The second kappa shape index (κ2) is 11.7. The van der Waals surface area contributed by atoms with Crippen LogP contribution in [0.5, 0.6) is 0 Å². The van der Waals surface area contributed by atoms with E-state index in [1.807, 2.05) is 48.5 Å². The van der Waals surface area contributed by atoms with E-state index in [-0.39, 0.29) is 0 Å². The number of urea groups is 1. The van der Waals surface area contributed by atoms with Gasteiger partial charge in [-0.3, -0.25) is 0 Å². The van der Waals surface area contributed by atoms with Gasteiger partial charge in [-0.05, 0) is 28.3 Å². The molecule has 4 N–H and O–H groups in total. The van der Waals surface area contributed by atoms with Crippen molar-refractivity contribution in [3.8, 4) is 22.5 Å². The van der Waals surface area contributed by atoms with Gasteiger partial charge in [0.15, 0.2) is 6.04 Å². The van der Waals surface area contributed by atoms with Crippen LogP contribution in [0.3, 0.4) is 0 Å². The number of hydrogen-bond donors (Lipinski definition) is 4. The predicted molar refractivity (Wildman–Crippen MR) is 122 cm³/mol. The zero-order chi connectivity index (χ0) is 23.6. The zero-order valence-corrected chi connectivity index (χ0v) is 18.4. The van der Waals surface area contributed by atoms with Gasteiger partial charge in [0.05, 0.1) is 6.61 Å². The van der Waals surface area contributed by atoms with Crippen LogP contribution in [0.25, 0.3) is 22.5 Å². The number of carboxylic acids is 1. The molecular formula is C23H28N6O4. The Morgan fingerprint density at radius 2 is 1.82 bits per heavy atom. The van der Waals surface area contributed by atoms with Gasteiger partial charge in [0.25, 0.3) is 0 Å². The molecule has 2 amide bonds. The van der Waals surface area contributed by atoms with Gasteiger partial charge >= 0.3 is 12.0 Å². The molecule has 0 spiro atoms. The normalized spacial score (nSPS) is 11.7. The molecule has 0 aliphatic heterocycles. The van der Waals surface area contributed by atoms with Crippen LogP contribution in [0.4, 0.5) is 4.79 Å². The standard InChI is InChI=1S/C23H28N6O4/c1-2-3-6-13-29(23(33)24-20(15-30)22(31)32)14-16-9-11-17(12-10-16)18-7-4-5-8-19(18)21-25-27-28-26-21/h4-5,7-12,20,30H,2-3,6,13-15H2,1H3,(H,24,33)(H,31,32)(H,25,26,27,28). The molecule has 1 heterocycles. The van der Waals surface area contributed by atoms with Crippen LogP contribution in [0.2, 0.25) is 0 Å². The van der Waals surface area contributed by atoms with E-state index in [0.717, 1.165) is 41.5 Å². The van der Waals surface area contributed by atoms with Crippen molar-refractivity contribution >= 4 is 12.0 Å². The van der Waals surface area contributed by atoms with Gasteiger partial charge in [0.1, 0.15) is 0 Å². The van der Waals surface area contributed by atoms with Crippen molar-refractivity contribution in [3.63, 3.8) is 0 Å². The summed E-state index contributed by atoms with van der Waals surface area (Å²) >= 11 is 0. The van der Waals surface area contributed by atoms with Crippen molar-refractivity contribution < 1.29 is 19.8 Å². The van der Waals surface area contributed by atoms with Crippen molar-refractivity contribution in [2.45, 2.75) is 38.8 Å². The van der Waals surface area contributed by atoms with E-state index in [0.29, 0.717) is 18.9 Å². The fourth-order valence-electron chi connectivity index (χ4n) is 3.45. The fraction of sp³-hybridized carbons (Fsp3) is 0.348. The number of hydrogen-bond acceptors (Lipinski definition) is 6. The lowest BCUT2D eigenvalue weighted by Gasteiger charge is -2.25. The molecule has 1 atom stereocenters. The number of nitrogens with one attached hydrogen (secondary N) is 2. The average molecular weight is 453 g/mol. The summed E-state index contributed by atoms with van der Waals surface area (Å²) in [5, 5.41) is 35.0. The molecule has 1 aromatic heterocycles. The minimum atomic E-state index is -1.34. The average Bonchev–Trinajstić information content (AvgIpc) is 3.37. The van der Waals surface area contributed by atoms with Crippen LogP contribution in [-0.4, -0.2) is 66.9 Å². The first-order valence-electron chi connectivity index (χ1n) is 10.8. The minimum absolute atomic E-state index is 0.320. The molecule has 10 heteroatoms. The molecule has 2 aromatic carbocycles. The molecule has 0 bridgehead atoms. The Morgan fingerprint density at radius 3 is 2.42 bits per heavy atom. The Hall–Kier alpha value is -3.79. The van der Waals surface area contributed by atoms with E-state index < -0.39 is 24.6 Å². The lowest BCUT2D eigenvalue weighted by atomic mass is 9.98. The molecule has 10 nitrogen and oxygen atoms in total. The number of benzene rings is 2. The molecule has 0 saturated carbocycles. The van der Waals surface area contributed by atoms with Gasteiger partial charge in [-0.2, -0.15) is 5.21 Å². The number of rotatable bonds is 11. The summed E-state index contributed by atoms with van der Waals surface area (Å²) in [6, 6.07) is 13.7. The number of H-pyrrole nitrogens is 1. The number of aromatic amines is 1. The van der Waals surface area contributed by atoms with E-state index in [4.69, 9.17) is 5.11 Å². The number of nitrogens with zero attached hydrogens (tertiary/aromatic N) is 4. The van der Waals surface area contributed by atoms with E-state index in [1.54, 1.807) is 4.90 Å². The highest BCUT2D eigenvalue weighted by molar-refractivity contribution is 5.83. The number of aromatic nitrogens is 4. The monoisotopic (exact) mass is 452 g/mol. The summed E-state index contributed by atoms with van der Waals surface area (Å²) in [6.45, 7) is 2.21. The van der Waals surface area contributed by atoms with Crippen LogP contribution in [-0.2, 0) is 11.3 Å². The maximum absolute atomic E-state index is 12.7. The molecule has 0 aliphatic carbocycles. The number of tetrazole rings is 1. The zero-order valence-electron chi connectivity index (χ0n) is 18.4. The maximum atomic E-state index is 12.7. The minimum Gasteiger partial charge on any atom is -0.480 e. The van der Waals surface area contributed by atoms with Crippen LogP contribution in [0.15, 0.2) is 48.5 Å². The summed E-state index contributed by atoms with van der Waals surface area (Å²) < 4.78 is 0. The Morgan fingerprint density at radius 1 is 1.09 bits per heavy atom. The van der Waals surface area contributed by atoms with Crippen LogP contribution in [0.1, 0.15) is 31.7 Å². The van der Waals surface area contributed by atoms with Crippen LogP contribution < -0.4 is 5.32 Å². The lowest BCUT2D eigenvalue weighted by Crippen LogP contribution is -2.49. The van der Waals surface area contributed by atoms with Crippen molar-refractivity contribution in [3.05, 3.63) is 54.1 Å². The summed E-state index contributed by atoms with van der Waals surface area (Å²) in [4.78, 5) is 25.5. The number of carboxylic acid groups (broad SMARTS) is 1. The third-order valence-corrected chi connectivity index (χ3v) is 5.25. The summed E-state index contributed by atoms with van der Waals surface area (Å²) in [6.07, 6.45) is 2.76. The topological polar surface area (TPSA) is 144 Å². The highest BCUT2D eigenvalue weighted by Gasteiger charge is 2.22. The third-order valence-electron chi connectivity index (χ3n) is 5.25. The highest BCUT2D eigenvalue weighted by Crippen LogP contribution is 2.29. The molecule has 0 radical (unpaired) electrons. The van der Waals surface area contributed by atoms with Crippen LogP contribution in [0, 0.1) is 0 Å². The summed E-state index contributed by atoms with van der Waals surface area (Å²) in [5.74, 6) is -0.769. The first-order valence-corrected chi connectivity index (χ1v) is 10.8. The largest absolute Gasteiger partial charge is 0.480 e. The second-order valence-electron chi connectivity index (χ2n) is 7.63. The Labute approximate surface area is 191 Å². The smallest absolute Gasteiger partial charge is 0.328 e. The van der Waals surface area contributed by atoms with E-state index in [2.05, 4.69) is 32.9 Å². The molecule has 3 rings (SSSR count). The fourth-order valence-corrected chi connectivity index (χ4v) is 3.45. The molecule has 0 saturated heterocycles. The summed E-state index contributed by atoms with van der Waals surface area (Å²) in [7, 11) is 0. The van der Waals surface area contributed by atoms with Gasteiger partial charge in [-0.15, -0.1) is 10.2 Å². The molecule has 0 fully saturated rings. The number of carbonyl (C=O) groups is 2. The lowest BCUT2D eigenvalue weighted by molar-refractivity contribution is -0.140. The Balaban J connectivity index is 1.76. The van der Waals surface area contributed by atoms with E-state index in [1.165, 1.54) is 0 Å². The molecule has 174 valence electrons. The number of aliphatic hydroxyl groups is 1. The van der Waals surface area contributed by atoms with Crippen LogP contribution >= 0.6 is 0 Å². The van der Waals surface area contributed by atoms with Crippen molar-refractivity contribution in [1.29, 1.82) is 0 Å². The van der Waals surface area contributed by atoms with E-state index in [9.17, 15) is 14.7 Å². The molecule has 33 heavy (non-hydrogen) atoms. The molecule has 0 aliphatic rings. The predicted octanol–water partition coefficient (Wildman–Crippen LogP) is 2.68. The second-order valence-corrected chi connectivity index (χ2v) is 7.63. The van der Waals surface area contributed by atoms with Gasteiger partial charge in [0, 0.05) is 18.7 Å². The molecular weight excluding hydrogens is 424 g/mol. The number of aliphatic hydroxyl groups excluding tert-OH is 1. The first kappa shape index (κ1) is 23.9. The third kappa shape index (κ3) is 6.36. The Kier molecular flexibility index (Phi) is 8.48. The quantitative estimate of drug-likeness (QED) is 0.327. The highest BCUT2D eigenvalue weighted by atomic mass is 16.4. The summed E-state index contributed by atoms with van der Waals surface area (Å²) in [5.41, 5.74) is 3.67. The first-order chi connectivity index (χ1) is 16.0. The number of amides is 2. The Bertz CT molecular complexity index is 1040. The van der Waals surface area contributed by atoms with Crippen molar-refractivity contribution in [2.24, 2.45) is 0 Å². The van der Waals surface area contributed by atoms with Gasteiger partial charge < -0.3 is 20.4 Å². The van der Waals surface area contributed by atoms with E-state index >= 15 is 0 Å². The molecule has 3 aromatic rings. The maximum Gasteiger partial charge on any atom is 0.328 e.